The Hall–Kier alpha value is -1.99. The third kappa shape index (κ3) is 3.82. The normalized spacial score (nSPS) is 13.1. The summed E-state index contributed by atoms with van der Waals surface area (Å²) in [7, 11) is -4.11. The van der Waals surface area contributed by atoms with Crippen molar-refractivity contribution in [3.63, 3.8) is 0 Å². The van der Waals surface area contributed by atoms with E-state index < -0.39 is 26.8 Å². The Bertz CT molecular complexity index is 1020. The van der Waals surface area contributed by atoms with Crippen LogP contribution in [-0.2, 0) is 10.0 Å². The highest BCUT2D eigenvalue weighted by Crippen LogP contribution is 2.25. The minimum absolute atomic E-state index is 0.104. The molecule has 0 radical (unpaired) electrons. The molecular formula is C18H15ClFNO3S. The zero-order valence-electron chi connectivity index (χ0n) is 13.0. The first-order chi connectivity index (χ1) is 11.9. The highest BCUT2D eigenvalue weighted by molar-refractivity contribution is 7.89. The van der Waals surface area contributed by atoms with Gasteiger partial charge in [0.15, 0.2) is 0 Å². The van der Waals surface area contributed by atoms with E-state index in [2.05, 4.69) is 4.72 Å². The maximum atomic E-state index is 13.8. The number of hydrogen-bond donors (Lipinski definition) is 2. The summed E-state index contributed by atoms with van der Waals surface area (Å²) in [5.74, 6) is -0.945. The summed E-state index contributed by atoms with van der Waals surface area (Å²) in [4.78, 5) is -0.512. The molecule has 1 unspecified atom stereocenters. The molecule has 0 saturated heterocycles. The monoisotopic (exact) mass is 379 g/mol. The van der Waals surface area contributed by atoms with E-state index in [-0.39, 0.29) is 11.6 Å². The fourth-order valence-corrected chi connectivity index (χ4v) is 3.86. The van der Waals surface area contributed by atoms with Gasteiger partial charge in [0.1, 0.15) is 10.7 Å². The van der Waals surface area contributed by atoms with Crippen molar-refractivity contribution in [2.24, 2.45) is 0 Å². The van der Waals surface area contributed by atoms with Crippen LogP contribution in [0.3, 0.4) is 0 Å². The van der Waals surface area contributed by atoms with E-state index in [1.807, 2.05) is 30.3 Å². The molecule has 25 heavy (non-hydrogen) atoms. The number of halogens is 2. The number of hydrogen-bond acceptors (Lipinski definition) is 3. The molecule has 0 amide bonds. The van der Waals surface area contributed by atoms with E-state index >= 15 is 0 Å². The molecule has 1 atom stereocenters. The Kier molecular flexibility index (Phi) is 5.06. The Balaban J connectivity index is 1.82. The molecule has 0 aromatic heterocycles. The summed E-state index contributed by atoms with van der Waals surface area (Å²) < 4.78 is 40.6. The fourth-order valence-electron chi connectivity index (χ4n) is 2.61. The van der Waals surface area contributed by atoms with Crippen LogP contribution in [0.2, 0.25) is 5.02 Å². The van der Waals surface area contributed by atoms with Crippen molar-refractivity contribution in [1.29, 1.82) is 0 Å². The predicted octanol–water partition coefficient (Wildman–Crippen LogP) is 3.64. The van der Waals surface area contributed by atoms with E-state index in [4.69, 9.17) is 11.6 Å². The molecular weight excluding hydrogens is 365 g/mol. The van der Waals surface area contributed by atoms with Gasteiger partial charge < -0.3 is 5.11 Å². The standard InChI is InChI=1S/C18H15ClFNO3S/c19-13-8-9-18(16(20)10-13)25(23,24)21-11-17(22)15-7-3-5-12-4-1-2-6-14(12)15/h1-10,17,21-22H,11H2. The van der Waals surface area contributed by atoms with Gasteiger partial charge in [-0.05, 0) is 34.5 Å². The van der Waals surface area contributed by atoms with Gasteiger partial charge in [0.25, 0.3) is 0 Å². The van der Waals surface area contributed by atoms with Gasteiger partial charge in [-0.15, -0.1) is 0 Å². The molecule has 0 aliphatic carbocycles. The number of nitrogens with one attached hydrogen (secondary N) is 1. The van der Waals surface area contributed by atoms with Crippen molar-refractivity contribution in [2.75, 3.05) is 6.54 Å². The molecule has 0 heterocycles. The third-order valence-corrected chi connectivity index (χ3v) is 5.52. The number of benzene rings is 3. The molecule has 3 aromatic rings. The minimum Gasteiger partial charge on any atom is -0.387 e. The van der Waals surface area contributed by atoms with E-state index in [9.17, 15) is 17.9 Å². The van der Waals surface area contributed by atoms with Crippen molar-refractivity contribution in [2.45, 2.75) is 11.0 Å². The van der Waals surface area contributed by atoms with Crippen molar-refractivity contribution < 1.29 is 17.9 Å². The maximum Gasteiger partial charge on any atom is 0.243 e. The lowest BCUT2D eigenvalue weighted by atomic mass is 10.0. The molecule has 0 spiro atoms. The summed E-state index contributed by atoms with van der Waals surface area (Å²) in [5, 5.41) is 12.3. The summed E-state index contributed by atoms with van der Waals surface area (Å²) in [6, 6.07) is 16.2. The lowest BCUT2D eigenvalue weighted by Gasteiger charge is -2.15. The lowest BCUT2D eigenvalue weighted by Crippen LogP contribution is -2.29. The van der Waals surface area contributed by atoms with Gasteiger partial charge in [-0.2, -0.15) is 0 Å². The predicted molar refractivity (Wildman–Crippen MR) is 95.5 cm³/mol. The highest BCUT2D eigenvalue weighted by Gasteiger charge is 2.21. The molecule has 130 valence electrons. The molecule has 3 aromatic carbocycles. The molecule has 2 N–H and O–H groups in total. The van der Waals surface area contributed by atoms with Crippen LogP contribution in [0, 0.1) is 5.82 Å². The number of rotatable bonds is 5. The summed E-state index contributed by atoms with van der Waals surface area (Å²) in [6.07, 6.45) is -1.07. The van der Waals surface area contributed by atoms with Gasteiger partial charge in [-0.3, -0.25) is 0 Å². The zero-order chi connectivity index (χ0) is 18.0. The highest BCUT2D eigenvalue weighted by atomic mass is 35.5. The Morgan fingerprint density at radius 1 is 1.08 bits per heavy atom. The Morgan fingerprint density at radius 2 is 1.80 bits per heavy atom. The molecule has 0 bridgehead atoms. The molecule has 0 fully saturated rings. The largest absolute Gasteiger partial charge is 0.387 e. The number of aliphatic hydroxyl groups excluding tert-OH is 1. The van der Waals surface area contributed by atoms with Gasteiger partial charge in [-0.1, -0.05) is 54.1 Å². The zero-order valence-corrected chi connectivity index (χ0v) is 14.6. The van der Waals surface area contributed by atoms with E-state index in [0.29, 0.717) is 5.56 Å². The fraction of sp³-hybridized carbons (Fsp3) is 0.111. The maximum absolute atomic E-state index is 13.8. The molecule has 0 saturated carbocycles. The van der Waals surface area contributed by atoms with Crippen molar-refractivity contribution in [3.05, 3.63) is 77.1 Å². The van der Waals surface area contributed by atoms with Crippen LogP contribution in [0.5, 0.6) is 0 Å². The van der Waals surface area contributed by atoms with Crippen LogP contribution in [0.15, 0.2) is 65.6 Å². The van der Waals surface area contributed by atoms with Crippen LogP contribution in [0.4, 0.5) is 4.39 Å². The third-order valence-electron chi connectivity index (χ3n) is 3.83. The molecule has 3 rings (SSSR count). The van der Waals surface area contributed by atoms with Crippen molar-refractivity contribution in [3.8, 4) is 0 Å². The lowest BCUT2D eigenvalue weighted by molar-refractivity contribution is 0.183. The van der Waals surface area contributed by atoms with Crippen molar-refractivity contribution >= 4 is 32.4 Å². The first-order valence-electron chi connectivity index (χ1n) is 7.49. The van der Waals surface area contributed by atoms with E-state index in [0.717, 1.165) is 22.9 Å². The average Bonchev–Trinajstić information content (AvgIpc) is 2.59. The smallest absolute Gasteiger partial charge is 0.243 e. The van der Waals surface area contributed by atoms with Crippen molar-refractivity contribution in [1.82, 2.24) is 4.72 Å². The summed E-state index contributed by atoms with van der Waals surface area (Å²) >= 11 is 5.63. The molecule has 0 aliphatic heterocycles. The second-order valence-corrected chi connectivity index (χ2v) is 7.68. The molecule has 7 heteroatoms. The van der Waals surface area contributed by atoms with Crippen LogP contribution in [0.25, 0.3) is 10.8 Å². The van der Waals surface area contributed by atoms with Crippen LogP contribution >= 0.6 is 11.6 Å². The van der Waals surface area contributed by atoms with Gasteiger partial charge in [0.2, 0.25) is 10.0 Å². The Morgan fingerprint density at radius 3 is 2.56 bits per heavy atom. The van der Waals surface area contributed by atoms with Gasteiger partial charge in [0, 0.05) is 11.6 Å². The second kappa shape index (κ2) is 7.09. The quantitative estimate of drug-likeness (QED) is 0.711. The summed E-state index contributed by atoms with van der Waals surface area (Å²) in [5.41, 5.74) is 0.595. The Labute approximate surface area is 149 Å². The van der Waals surface area contributed by atoms with Crippen LogP contribution in [0.1, 0.15) is 11.7 Å². The number of sulfonamides is 1. The van der Waals surface area contributed by atoms with Gasteiger partial charge >= 0.3 is 0 Å². The van der Waals surface area contributed by atoms with Crippen LogP contribution < -0.4 is 4.72 Å². The number of aliphatic hydroxyl groups is 1. The first kappa shape index (κ1) is 17.8. The average molecular weight is 380 g/mol. The van der Waals surface area contributed by atoms with Crippen LogP contribution in [-0.4, -0.2) is 20.1 Å². The van der Waals surface area contributed by atoms with E-state index in [1.54, 1.807) is 12.1 Å². The van der Waals surface area contributed by atoms with Gasteiger partial charge in [-0.25, -0.2) is 17.5 Å². The topological polar surface area (TPSA) is 66.4 Å². The minimum atomic E-state index is -4.11. The summed E-state index contributed by atoms with van der Waals surface area (Å²) in [6.45, 7) is -0.279. The SMILES string of the molecule is O=S(=O)(NCC(O)c1cccc2ccccc12)c1ccc(Cl)cc1F. The van der Waals surface area contributed by atoms with E-state index in [1.165, 1.54) is 6.07 Å². The molecule has 4 nitrogen and oxygen atoms in total. The first-order valence-corrected chi connectivity index (χ1v) is 9.35. The van der Waals surface area contributed by atoms with Gasteiger partial charge in [0.05, 0.1) is 6.10 Å². The number of fused-ring (bicyclic) bond motifs is 1. The molecule has 0 aliphatic rings. The second-order valence-electron chi connectivity index (χ2n) is 5.51.